The van der Waals surface area contributed by atoms with Crippen LogP contribution < -0.4 is 0 Å². The number of nitrogens with zero attached hydrogens (tertiary/aromatic N) is 1. The Morgan fingerprint density at radius 3 is 2.77 bits per heavy atom. The number of rotatable bonds is 1. The van der Waals surface area contributed by atoms with E-state index in [4.69, 9.17) is 0 Å². The maximum atomic E-state index is 11.2. The van der Waals surface area contributed by atoms with Crippen LogP contribution in [0.2, 0.25) is 0 Å². The molecule has 0 spiro atoms. The fourth-order valence-corrected chi connectivity index (χ4v) is 2.74. The Labute approximate surface area is 80.3 Å². The molecule has 0 bridgehead atoms. The number of carbonyl (C=O) groups is 1. The first-order valence-electron chi connectivity index (χ1n) is 5.55. The zero-order valence-electron chi connectivity index (χ0n) is 8.46. The second kappa shape index (κ2) is 3.79. The fourth-order valence-electron chi connectivity index (χ4n) is 2.74. The van der Waals surface area contributed by atoms with Crippen LogP contribution in [0, 0.1) is 0 Å². The van der Waals surface area contributed by atoms with E-state index in [9.17, 15) is 4.79 Å². The van der Waals surface area contributed by atoms with Gasteiger partial charge in [-0.25, -0.2) is 0 Å². The van der Waals surface area contributed by atoms with Gasteiger partial charge in [-0.1, -0.05) is 6.42 Å². The molecule has 0 N–H and O–H groups in total. The monoisotopic (exact) mass is 181 g/mol. The first-order valence-corrected chi connectivity index (χ1v) is 5.55. The van der Waals surface area contributed by atoms with Crippen molar-refractivity contribution in [1.82, 2.24) is 4.90 Å². The lowest BCUT2D eigenvalue weighted by Crippen LogP contribution is -2.43. The van der Waals surface area contributed by atoms with Crippen LogP contribution in [-0.2, 0) is 4.79 Å². The summed E-state index contributed by atoms with van der Waals surface area (Å²) in [5.74, 6) is 0.475. The van der Waals surface area contributed by atoms with E-state index in [0.29, 0.717) is 17.9 Å². The molecule has 1 heterocycles. The van der Waals surface area contributed by atoms with Gasteiger partial charge in [-0.2, -0.15) is 0 Å². The van der Waals surface area contributed by atoms with Gasteiger partial charge in [-0.05, 0) is 32.7 Å². The molecular weight excluding hydrogens is 162 g/mol. The summed E-state index contributed by atoms with van der Waals surface area (Å²) in [7, 11) is 0. The lowest BCUT2D eigenvalue weighted by Gasteiger charge is -2.37. The molecule has 74 valence electrons. The molecule has 2 aliphatic rings. The largest absolute Gasteiger partial charge is 0.300 e. The average Bonchev–Trinajstić information content (AvgIpc) is 2.53. The molecule has 2 unspecified atom stereocenters. The molecule has 2 atom stereocenters. The Balaban J connectivity index is 1.94. The van der Waals surface area contributed by atoms with Gasteiger partial charge in [0.05, 0.1) is 0 Å². The van der Waals surface area contributed by atoms with E-state index in [1.54, 1.807) is 0 Å². The van der Waals surface area contributed by atoms with Crippen molar-refractivity contribution < 1.29 is 4.79 Å². The third-order valence-electron chi connectivity index (χ3n) is 3.54. The summed E-state index contributed by atoms with van der Waals surface area (Å²) < 4.78 is 0. The minimum atomic E-state index is 0.475. The predicted octanol–water partition coefficient (Wildman–Crippen LogP) is 1.98. The Morgan fingerprint density at radius 2 is 2.15 bits per heavy atom. The lowest BCUT2D eigenvalue weighted by atomic mass is 10.0. The first kappa shape index (κ1) is 9.20. The highest BCUT2D eigenvalue weighted by atomic mass is 16.1. The number of piperidine rings is 1. The van der Waals surface area contributed by atoms with Crippen molar-refractivity contribution >= 4 is 5.78 Å². The SMILES string of the molecule is CC1CCCCN1C1CCC(=O)C1. The molecule has 0 aromatic carbocycles. The second-order valence-electron chi connectivity index (χ2n) is 4.52. The molecule has 13 heavy (non-hydrogen) atoms. The molecule has 1 saturated carbocycles. The highest BCUT2D eigenvalue weighted by Gasteiger charge is 2.31. The number of Topliss-reactive ketones (excluding diaryl/α,β-unsaturated/α-hetero) is 1. The normalized spacial score (nSPS) is 36.8. The third kappa shape index (κ3) is 1.93. The van der Waals surface area contributed by atoms with Crippen LogP contribution in [0.1, 0.15) is 45.4 Å². The van der Waals surface area contributed by atoms with Gasteiger partial charge in [0.1, 0.15) is 5.78 Å². The van der Waals surface area contributed by atoms with Crippen LogP contribution >= 0.6 is 0 Å². The Kier molecular flexibility index (Phi) is 2.68. The van der Waals surface area contributed by atoms with Crippen molar-refractivity contribution in [2.24, 2.45) is 0 Å². The molecular formula is C11H19NO. The number of hydrogen-bond donors (Lipinski definition) is 0. The summed E-state index contributed by atoms with van der Waals surface area (Å²) in [6, 6.07) is 1.30. The Bertz CT molecular complexity index is 202. The molecule has 1 aliphatic heterocycles. The number of carbonyl (C=O) groups excluding carboxylic acids is 1. The van der Waals surface area contributed by atoms with Crippen LogP contribution in [0.15, 0.2) is 0 Å². The number of ketones is 1. The summed E-state index contributed by atoms with van der Waals surface area (Å²) in [6.45, 7) is 3.53. The van der Waals surface area contributed by atoms with Gasteiger partial charge in [0.2, 0.25) is 0 Å². The average molecular weight is 181 g/mol. The van der Waals surface area contributed by atoms with Gasteiger partial charge in [0, 0.05) is 24.9 Å². The van der Waals surface area contributed by atoms with Crippen molar-refractivity contribution in [2.45, 2.75) is 57.5 Å². The van der Waals surface area contributed by atoms with Gasteiger partial charge in [-0.3, -0.25) is 9.69 Å². The molecule has 2 heteroatoms. The summed E-state index contributed by atoms with van der Waals surface area (Å²) in [6.07, 6.45) is 6.79. The second-order valence-corrected chi connectivity index (χ2v) is 4.52. The molecule has 2 rings (SSSR count). The van der Waals surface area contributed by atoms with E-state index >= 15 is 0 Å². The van der Waals surface area contributed by atoms with E-state index < -0.39 is 0 Å². The summed E-state index contributed by atoms with van der Waals surface area (Å²) >= 11 is 0. The van der Waals surface area contributed by atoms with Crippen LogP contribution in [0.25, 0.3) is 0 Å². The summed E-state index contributed by atoms with van der Waals surface area (Å²) in [5.41, 5.74) is 0. The highest BCUT2D eigenvalue weighted by Crippen LogP contribution is 2.27. The molecule has 2 nitrogen and oxygen atoms in total. The lowest BCUT2D eigenvalue weighted by molar-refractivity contribution is -0.117. The van der Waals surface area contributed by atoms with Crippen molar-refractivity contribution in [3.63, 3.8) is 0 Å². The third-order valence-corrected chi connectivity index (χ3v) is 3.54. The molecule has 0 aromatic heterocycles. The van der Waals surface area contributed by atoms with Gasteiger partial charge in [-0.15, -0.1) is 0 Å². The number of likely N-dealkylation sites (tertiary alicyclic amines) is 1. The minimum absolute atomic E-state index is 0.475. The van der Waals surface area contributed by atoms with Gasteiger partial charge < -0.3 is 0 Å². The molecule has 1 aliphatic carbocycles. The zero-order valence-corrected chi connectivity index (χ0v) is 8.46. The highest BCUT2D eigenvalue weighted by molar-refractivity contribution is 5.81. The Hall–Kier alpha value is -0.370. The van der Waals surface area contributed by atoms with E-state index in [-0.39, 0.29) is 0 Å². The molecule has 0 radical (unpaired) electrons. The van der Waals surface area contributed by atoms with E-state index in [0.717, 1.165) is 19.3 Å². The summed E-state index contributed by atoms with van der Waals surface area (Å²) in [4.78, 5) is 13.7. The zero-order chi connectivity index (χ0) is 9.26. The van der Waals surface area contributed by atoms with Gasteiger partial charge >= 0.3 is 0 Å². The van der Waals surface area contributed by atoms with Crippen molar-refractivity contribution in [2.75, 3.05) is 6.54 Å². The molecule has 1 saturated heterocycles. The van der Waals surface area contributed by atoms with Gasteiger partial charge in [0.25, 0.3) is 0 Å². The predicted molar refractivity (Wildman–Crippen MR) is 52.7 cm³/mol. The Morgan fingerprint density at radius 1 is 1.31 bits per heavy atom. The molecule has 0 amide bonds. The van der Waals surface area contributed by atoms with Crippen LogP contribution in [0.5, 0.6) is 0 Å². The van der Waals surface area contributed by atoms with E-state index in [1.807, 2.05) is 0 Å². The maximum absolute atomic E-state index is 11.2. The van der Waals surface area contributed by atoms with Crippen LogP contribution in [0.4, 0.5) is 0 Å². The quantitative estimate of drug-likeness (QED) is 0.616. The van der Waals surface area contributed by atoms with E-state index in [2.05, 4.69) is 11.8 Å². The molecule has 2 fully saturated rings. The maximum Gasteiger partial charge on any atom is 0.134 e. The van der Waals surface area contributed by atoms with Crippen molar-refractivity contribution in [3.8, 4) is 0 Å². The fraction of sp³-hybridized carbons (Fsp3) is 0.909. The van der Waals surface area contributed by atoms with Crippen LogP contribution in [0.3, 0.4) is 0 Å². The standard InChI is InChI=1S/C11H19NO/c1-9-4-2-3-7-12(9)10-5-6-11(13)8-10/h9-10H,2-8H2,1H3. The van der Waals surface area contributed by atoms with Gasteiger partial charge in [0.15, 0.2) is 0 Å². The first-order chi connectivity index (χ1) is 6.27. The van der Waals surface area contributed by atoms with E-state index in [1.165, 1.54) is 25.8 Å². The van der Waals surface area contributed by atoms with Crippen LogP contribution in [-0.4, -0.2) is 29.3 Å². The number of hydrogen-bond acceptors (Lipinski definition) is 2. The summed E-state index contributed by atoms with van der Waals surface area (Å²) in [5, 5.41) is 0. The van der Waals surface area contributed by atoms with Crippen molar-refractivity contribution in [3.05, 3.63) is 0 Å². The smallest absolute Gasteiger partial charge is 0.134 e. The topological polar surface area (TPSA) is 20.3 Å². The minimum Gasteiger partial charge on any atom is -0.300 e. The van der Waals surface area contributed by atoms with Crippen molar-refractivity contribution in [1.29, 1.82) is 0 Å². The molecule has 0 aromatic rings.